The largest absolute Gasteiger partial charge is 0.444 e. The van der Waals surface area contributed by atoms with Crippen molar-refractivity contribution in [2.24, 2.45) is 7.05 Å². The minimum Gasteiger partial charge on any atom is -0.444 e. The number of nitrogens with one attached hydrogen (secondary N) is 1. The van der Waals surface area contributed by atoms with E-state index in [1.807, 2.05) is 53.2 Å². The van der Waals surface area contributed by atoms with Gasteiger partial charge in [0.15, 0.2) is 0 Å². The highest BCUT2D eigenvalue weighted by molar-refractivity contribution is 9.10. The number of carbonyl (C=O) groups is 1. The van der Waals surface area contributed by atoms with Gasteiger partial charge in [0.25, 0.3) is 0 Å². The molecule has 1 fully saturated rings. The van der Waals surface area contributed by atoms with Crippen LogP contribution in [0.1, 0.15) is 46.1 Å². The molecule has 1 aromatic heterocycles. The summed E-state index contributed by atoms with van der Waals surface area (Å²) in [6, 6.07) is 0. The molecular formula is C15H26BrN3O3. The van der Waals surface area contributed by atoms with Crippen LogP contribution in [0.5, 0.6) is 0 Å². The fraction of sp³-hybridized carbons (Fsp3) is 0.733. The topological polar surface area (TPSA) is 65.4 Å². The SMILES string of the molecule is CC.Cc1nc(Br)c(C2(NC(=O)OC(C)(C)C)COC2)n1C. The summed E-state index contributed by atoms with van der Waals surface area (Å²) in [4.78, 5) is 16.4. The molecule has 1 aliphatic rings. The van der Waals surface area contributed by atoms with Gasteiger partial charge in [-0.1, -0.05) is 13.8 Å². The van der Waals surface area contributed by atoms with Crippen molar-refractivity contribution in [1.29, 1.82) is 0 Å². The molecule has 0 aromatic carbocycles. The van der Waals surface area contributed by atoms with Crippen LogP contribution in [0.4, 0.5) is 4.79 Å². The van der Waals surface area contributed by atoms with E-state index in [9.17, 15) is 4.79 Å². The van der Waals surface area contributed by atoms with Crippen LogP contribution in [0.15, 0.2) is 4.60 Å². The lowest BCUT2D eigenvalue weighted by atomic mass is 9.93. The number of ether oxygens (including phenoxy) is 2. The Labute approximate surface area is 140 Å². The fourth-order valence-corrected chi connectivity index (χ4v) is 3.06. The standard InChI is InChI=1S/C13H20BrN3O3.C2H6/c1-8-15-10(14)9(17(8)5)13(6-19-7-13)16-11(18)20-12(2,3)4;1-2/h6-7H2,1-5H3,(H,16,18);1-2H3. The maximum atomic E-state index is 12.0. The van der Waals surface area contributed by atoms with Crippen LogP contribution in [-0.2, 0) is 22.1 Å². The van der Waals surface area contributed by atoms with Crippen molar-refractivity contribution >= 4 is 22.0 Å². The zero-order chi connectivity index (χ0) is 17.1. The quantitative estimate of drug-likeness (QED) is 0.861. The Morgan fingerprint density at radius 3 is 2.27 bits per heavy atom. The van der Waals surface area contributed by atoms with Gasteiger partial charge >= 0.3 is 6.09 Å². The first kappa shape index (κ1) is 19.0. The van der Waals surface area contributed by atoms with Gasteiger partial charge < -0.3 is 19.4 Å². The summed E-state index contributed by atoms with van der Waals surface area (Å²) >= 11 is 3.45. The molecule has 6 nitrogen and oxygen atoms in total. The molecule has 1 amide bonds. The molecule has 0 atom stereocenters. The first-order valence-corrected chi connectivity index (χ1v) is 8.22. The molecular weight excluding hydrogens is 350 g/mol. The number of carbonyl (C=O) groups excluding carboxylic acids is 1. The van der Waals surface area contributed by atoms with Gasteiger partial charge in [0.1, 0.15) is 21.6 Å². The second-order valence-electron chi connectivity index (χ2n) is 6.06. The number of amides is 1. The lowest BCUT2D eigenvalue weighted by Crippen LogP contribution is -2.61. The molecule has 0 saturated carbocycles. The fourth-order valence-electron chi connectivity index (χ4n) is 2.16. The molecule has 7 heteroatoms. The van der Waals surface area contributed by atoms with E-state index in [-0.39, 0.29) is 0 Å². The Kier molecular flexibility index (Phi) is 6.03. The van der Waals surface area contributed by atoms with Crippen molar-refractivity contribution in [3.05, 3.63) is 16.1 Å². The van der Waals surface area contributed by atoms with E-state index in [1.165, 1.54) is 0 Å². The summed E-state index contributed by atoms with van der Waals surface area (Å²) in [6.07, 6.45) is -0.452. The molecule has 1 aliphatic heterocycles. The summed E-state index contributed by atoms with van der Waals surface area (Å²) in [6.45, 7) is 12.2. The monoisotopic (exact) mass is 375 g/mol. The third-order valence-corrected chi connectivity index (χ3v) is 3.72. The van der Waals surface area contributed by atoms with Crippen molar-refractivity contribution in [3.63, 3.8) is 0 Å². The average Bonchev–Trinajstić information content (AvgIpc) is 2.59. The van der Waals surface area contributed by atoms with Gasteiger partial charge in [-0.05, 0) is 43.6 Å². The molecule has 2 rings (SSSR count). The third kappa shape index (κ3) is 4.01. The number of halogens is 1. The van der Waals surface area contributed by atoms with Crippen LogP contribution in [-0.4, -0.2) is 34.5 Å². The summed E-state index contributed by atoms with van der Waals surface area (Å²) < 4.78 is 13.3. The van der Waals surface area contributed by atoms with Crippen LogP contribution >= 0.6 is 15.9 Å². The minimum absolute atomic E-state index is 0.407. The van der Waals surface area contributed by atoms with Crippen molar-refractivity contribution in [1.82, 2.24) is 14.9 Å². The number of alkyl carbamates (subject to hydrolysis) is 1. The number of hydrogen-bond donors (Lipinski definition) is 1. The first-order valence-electron chi connectivity index (χ1n) is 7.43. The maximum Gasteiger partial charge on any atom is 0.408 e. The van der Waals surface area contributed by atoms with Crippen LogP contribution in [0, 0.1) is 6.92 Å². The van der Waals surface area contributed by atoms with E-state index in [1.54, 1.807) is 0 Å². The Morgan fingerprint density at radius 1 is 1.41 bits per heavy atom. The first-order chi connectivity index (χ1) is 10.1. The molecule has 2 heterocycles. The van der Waals surface area contributed by atoms with E-state index >= 15 is 0 Å². The Hall–Kier alpha value is -1.08. The van der Waals surface area contributed by atoms with Crippen LogP contribution in [0.25, 0.3) is 0 Å². The van der Waals surface area contributed by atoms with Gasteiger partial charge in [0, 0.05) is 7.05 Å². The summed E-state index contributed by atoms with van der Waals surface area (Å²) in [5, 5.41) is 2.92. The molecule has 0 radical (unpaired) electrons. The zero-order valence-corrected chi connectivity index (χ0v) is 16.0. The van der Waals surface area contributed by atoms with E-state index in [0.717, 1.165) is 16.1 Å². The normalized spacial score (nSPS) is 16.2. The summed E-state index contributed by atoms with van der Waals surface area (Å²) in [5.74, 6) is 0.865. The van der Waals surface area contributed by atoms with Crippen LogP contribution in [0.3, 0.4) is 0 Å². The van der Waals surface area contributed by atoms with Gasteiger partial charge in [0.05, 0.1) is 18.9 Å². The predicted octanol–water partition coefficient (Wildman–Crippen LogP) is 3.27. The highest BCUT2D eigenvalue weighted by Gasteiger charge is 2.46. The van der Waals surface area contributed by atoms with E-state index in [0.29, 0.717) is 13.2 Å². The number of imidazole rings is 1. The number of hydrogen-bond acceptors (Lipinski definition) is 4. The van der Waals surface area contributed by atoms with Crippen LogP contribution < -0.4 is 5.32 Å². The molecule has 1 N–H and O–H groups in total. The van der Waals surface area contributed by atoms with Gasteiger partial charge in [-0.3, -0.25) is 0 Å². The molecule has 22 heavy (non-hydrogen) atoms. The molecule has 0 bridgehead atoms. The Bertz CT molecular complexity index is 531. The molecule has 0 aliphatic carbocycles. The van der Waals surface area contributed by atoms with Crippen LogP contribution in [0.2, 0.25) is 0 Å². The van der Waals surface area contributed by atoms with Gasteiger partial charge in [-0.2, -0.15) is 0 Å². The van der Waals surface area contributed by atoms with Crippen molar-refractivity contribution < 1.29 is 14.3 Å². The Morgan fingerprint density at radius 2 is 1.95 bits per heavy atom. The van der Waals surface area contributed by atoms with Gasteiger partial charge in [-0.25, -0.2) is 9.78 Å². The van der Waals surface area contributed by atoms with Crippen molar-refractivity contribution in [2.75, 3.05) is 13.2 Å². The summed E-state index contributed by atoms with van der Waals surface area (Å²) in [5.41, 5.74) is -0.223. The molecule has 0 spiro atoms. The van der Waals surface area contributed by atoms with Crippen molar-refractivity contribution in [3.8, 4) is 0 Å². The highest BCUT2D eigenvalue weighted by atomic mass is 79.9. The predicted molar refractivity (Wildman–Crippen MR) is 88.9 cm³/mol. The summed E-state index contributed by atoms with van der Waals surface area (Å²) in [7, 11) is 1.92. The van der Waals surface area contributed by atoms with Gasteiger partial charge in [-0.15, -0.1) is 0 Å². The number of rotatable bonds is 2. The lowest BCUT2D eigenvalue weighted by molar-refractivity contribution is -0.0834. The molecule has 0 unspecified atom stereocenters. The number of aromatic nitrogens is 2. The second kappa shape index (κ2) is 7.00. The average molecular weight is 376 g/mol. The highest BCUT2D eigenvalue weighted by Crippen LogP contribution is 2.35. The van der Waals surface area contributed by atoms with Gasteiger partial charge in [0.2, 0.25) is 0 Å². The zero-order valence-electron chi connectivity index (χ0n) is 14.4. The van der Waals surface area contributed by atoms with Crippen molar-refractivity contribution in [2.45, 2.75) is 52.7 Å². The van der Waals surface area contributed by atoms with E-state index in [4.69, 9.17) is 9.47 Å². The van der Waals surface area contributed by atoms with E-state index < -0.39 is 17.2 Å². The molecule has 1 saturated heterocycles. The van der Waals surface area contributed by atoms with E-state index in [2.05, 4.69) is 26.2 Å². The number of aryl methyl sites for hydroxylation is 1. The lowest BCUT2D eigenvalue weighted by Gasteiger charge is -2.42. The smallest absolute Gasteiger partial charge is 0.408 e. The maximum absolute atomic E-state index is 12.0. The number of nitrogens with zero attached hydrogens (tertiary/aromatic N) is 2. The molecule has 126 valence electrons. The Balaban J connectivity index is 0.00000116. The second-order valence-corrected chi connectivity index (χ2v) is 6.81. The molecule has 1 aromatic rings. The third-order valence-electron chi connectivity index (χ3n) is 3.17. The minimum atomic E-state index is -0.586.